The Kier molecular flexibility index (Phi) is 60.3. The van der Waals surface area contributed by atoms with E-state index in [1.54, 1.807) is 0 Å². The van der Waals surface area contributed by atoms with Gasteiger partial charge in [0, 0.05) is 19.3 Å². The fourth-order valence-electron chi connectivity index (χ4n) is 9.10. The van der Waals surface area contributed by atoms with Gasteiger partial charge in [0.05, 0.1) is 0 Å². The van der Waals surface area contributed by atoms with E-state index >= 15 is 0 Å². The summed E-state index contributed by atoms with van der Waals surface area (Å²) in [7, 11) is 0. The molecular weight excluding hydrogens is 925 g/mol. The molecule has 6 nitrogen and oxygen atoms in total. The van der Waals surface area contributed by atoms with E-state index in [9.17, 15) is 14.4 Å². The molecule has 0 aromatic rings. The van der Waals surface area contributed by atoms with Crippen molar-refractivity contribution < 1.29 is 28.6 Å². The lowest BCUT2D eigenvalue weighted by Crippen LogP contribution is -2.30. The lowest BCUT2D eigenvalue weighted by Gasteiger charge is -2.18. The largest absolute Gasteiger partial charge is 0.462 e. The van der Waals surface area contributed by atoms with Crippen LogP contribution >= 0.6 is 0 Å². The zero-order valence-corrected chi connectivity index (χ0v) is 49.6. The summed E-state index contributed by atoms with van der Waals surface area (Å²) in [6.45, 7) is 6.49. The highest BCUT2D eigenvalue weighted by Gasteiger charge is 2.19. The highest BCUT2D eigenvalue weighted by Crippen LogP contribution is 2.17. The molecule has 75 heavy (non-hydrogen) atoms. The summed E-state index contributed by atoms with van der Waals surface area (Å²) in [4.78, 5) is 38.3. The van der Waals surface area contributed by atoms with E-state index in [1.165, 1.54) is 180 Å². The molecule has 0 rings (SSSR count). The van der Waals surface area contributed by atoms with Gasteiger partial charge in [0.25, 0.3) is 0 Å². The molecule has 6 heteroatoms. The van der Waals surface area contributed by atoms with Gasteiger partial charge in [-0.15, -0.1) is 0 Å². The monoisotopic (exact) mass is 1040 g/mol. The molecule has 0 heterocycles. The normalized spacial score (nSPS) is 12.6. The summed E-state index contributed by atoms with van der Waals surface area (Å²) in [5.74, 6) is -0.953. The van der Waals surface area contributed by atoms with Crippen LogP contribution in [0.4, 0.5) is 0 Å². The molecule has 0 aliphatic carbocycles. The van der Waals surface area contributed by atoms with Crippen LogP contribution in [-0.2, 0) is 28.6 Å². The maximum Gasteiger partial charge on any atom is 0.306 e. The van der Waals surface area contributed by atoms with Gasteiger partial charge in [0.2, 0.25) is 0 Å². The van der Waals surface area contributed by atoms with Crippen LogP contribution in [0.5, 0.6) is 0 Å². The molecule has 0 spiro atoms. The fourth-order valence-corrected chi connectivity index (χ4v) is 9.10. The molecule has 0 fully saturated rings. The molecule has 0 aromatic heterocycles. The molecule has 0 aromatic carbocycles. The zero-order valence-electron chi connectivity index (χ0n) is 49.6. The summed E-state index contributed by atoms with van der Waals surface area (Å²) in [6, 6.07) is 0. The Morgan fingerprint density at radius 2 is 0.533 bits per heavy atom. The summed E-state index contributed by atoms with van der Waals surface area (Å²) >= 11 is 0. The summed E-state index contributed by atoms with van der Waals surface area (Å²) in [5, 5.41) is 0. The number of unbranched alkanes of at least 4 members (excludes halogenated alkanes) is 33. The molecular formula is C69H120O6. The topological polar surface area (TPSA) is 78.9 Å². The molecule has 0 saturated carbocycles. The van der Waals surface area contributed by atoms with E-state index in [1.807, 2.05) is 0 Å². The highest BCUT2D eigenvalue weighted by atomic mass is 16.6. The lowest BCUT2D eigenvalue weighted by molar-refractivity contribution is -0.167. The van der Waals surface area contributed by atoms with Gasteiger partial charge in [-0.1, -0.05) is 292 Å². The number of hydrogen-bond donors (Lipinski definition) is 0. The Morgan fingerprint density at radius 1 is 0.280 bits per heavy atom. The van der Waals surface area contributed by atoms with Crippen molar-refractivity contribution in [3.05, 3.63) is 85.1 Å². The van der Waals surface area contributed by atoms with Gasteiger partial charge < -0.3 is 14.2 Å². The first-order valence-corrected chi connectivity index (χ1v) is 32.1. The van der Waals surface area contributed by atoms with Gasteiger partial charge in [-0.25, -0.2) is 0 Å². The van der Waals surface area contributed by atoms with Crippen molar-refractivity contribution in [2.75, 3.05) is 13.2 Å². The minimum atomic E-state index is -0.810. The number of rotatable bonds is 58. The maximum atomic E-state index is 12.9. The van der Waals surface area contributed by atoms with Crippen LogP contribution in [0, 0.1) is 0 Å². The first-order valence-electron chi connectivity index (χ1n) is 32.1. The number of hydrogen-bond acceptors (Lipinski definition) is 6. The Labute approximate surface area is 465 Å². The Balaban J connectivity index is 4.39. The van der Waals surface area contributed by atoms with Gasteiger partial charge >= 0.3 is 17.9 Å². The number of carbonyl (C=O) groups is 3. The molecule has 0 N–H and O–H groups in total. The van der Waals surface area contributed by atoms with Crippen molar-refractivity contribution in [3.8, 4) is 0 Å². The van der Waals surface area contributed by atoms with Gasteiger partial charge in [0.15, 0.2) is 6.10 Å². The molecule has 432 valence electrons. The third kappa shape index (κ3) is 61.3. The van der Waals surface area contributed by atoms with Crippen LogP contribution < -0.4 is 0 Å². The highest BCUT2D eigenvalue weighted by molar-refractivity contribution is 5.71. The van der Waals surface area contributed by atoms with E-state index in [0.717, 1.165) is 89.9 Å². The summed E-state index contributed by atoms with van der Waals surface area (Å²) < 4.78 is 16.9. The predicted molar refractivity (Wildman–Crippen MR) is 325 cm³/mol. The second-order valence-electron chi connectivity index (χ2n) is 21.3. The van der Waals surface area contributed by atoms with Crippen molar-refractivity contribution in [2.24, 2.45) is 0 Å². The molecule has 1 atom stereocenters. The van der Waals surface area contributed by atoms with Crippen LogP contribution in [0.1, 0.15) is 316 Å². The van der Waals surface area contributed by atoms with Crippen LogP contribution in [-0.4, -0.2) is 37.2 Å². The molecule has 0 aliphatic heterocycles. The summed E-state index contributed by atoms with van der Waals surface area (Å²) in [6.07, 6.45) is 83.1. The minimum Gasteiger partial charge on any atom is -0.462 e. The molecule has 1 unspecified atom stereocenters. The smallest absolute Gasteiger partial charge is 0.306 e. The zero-order chi connectivity index (χ0) is 54.3. The first kappa shape index (κ1) is 71.6. The van der Waals surface area contributed by atoms with Gasteiger partial charge in [0.1, 0.15) is 13.2 Å². The SMILES string of the molecule is CC/C=C\C/C=C\C/C=C\C/C=C\C/C=C\CCCC(=O)OC(COC(=O)CCCCCCCCC/C=C\C/C=C\CCCCC)COC(=O)CCCCCCCCCCCCCCCCCCCCCCCCC. The lowest BCUT2D eigenvalue weighted by atomic mass is 10.0. The van der Waals surface area contributed by atoms with Crippen molar-refractivity contribution >= 4 is 17.9 Å². The minimum absolute atomic E-state index is 0.0993. The van der Waals surface area contributed by atoms with E-state index < -0.39 is 6.10 Å². The average Bonchev–Trinajstić information content (AvgIpc) is 3.41. The molecule has 0 aliphatic rings. The van der Waals surface area contributed by atoms with E-state index in [4.69, 9.17) is 14.2 Å². The van der Waals surface area contributed by atoms with Crippen LogP contribution in [0.15, 0.2) is 85.1 Å². The fraction of sp³-hybridized carbons (Fsp3) is 0.754. The second-order valence-corrected chi connectivity index (χ2v) is 21.3. The number of esters is 3. The summed E-state index contributed by atoms with van der Waals surface area (Å²) in [5.41, 5.74) is 0. The molecule has 0 radical (unpaired) electrons. The van der Waals surface area contributed by atoms with Gasteiger partial charge in [-0.05, 0) is 89.9 Å². The number of allylic oxidation sites excluding steroid dienone is 14. The maximum absolute atomic E-state index is 12.9. The van der Waals surface area contributed by atoms with E-state index in [-0.39, 0.29) is 37.5 Å². The second kappa shape index (κ2) is 63.1. The third-order valence-electron chi connectivity index (χ3n) is 13.9. The van der Waals surface area contributed by atoms with E-state index in [0.29, 0.717) is 19.3 Å². The average molecular weight is 1050 g/mol. The third-order valence-corrected chi connectivity index (χ3v) is 13.9. The van der Waals surface area contributed by atoms with Crippen LogP contribution in [0.3, 0.4) is 0 Å². The van der Waals surface area contributed by atoms with Crippen molar-refractivity contribution in [1.29, 1.82) is 0 Å². The predicted octanol–water partition coefficient (Wildman–Crippen LogP) is 21.9. The quantitative estimate of drug-likeness (QED) is 0.0261. The number of ether oxygens (including phenoxy) is 3. The van der Waals surface area contributed by atoms with Crippen molar-refractivity contribution in [2.45, 2.75) is 322 Å². The Morgan fingerprint density at radius 3 is 0.880 bits per heavy atom. The van der Waals surface area contributed by atoms with Gasteiger partial charge in [-0.3, -0.25) is 14.4 Å². The first-order chi connectivity index (χ1) is 37.0. The van der Waals surface area contributed by atoms with Crippen molar-refractivity contribution in [3.63, 3.8) is 0 Å². The van der Waals surface area contributed by atoms with Crippen LogP contribution in [0.25, 0.3) is 0 Å². The molecule has 0 saturated heterocycles. The number of carbonyl (C=O) groups excluding carboxylic acids is 3. The Bertz CT molecular complexity index is 1430. The van der Waals surface area contributed by atoms with Gasteiger partial charge in [-0.2, -0.15) is 0 Å². The Hall–Kier alpha value is -3.41. The van der Waals surface area contributed by atoms with E-state index in [2.05, 4.69) is 106 Å². The van der Waals surface area contributed by atoms with Crippen molar-refractivity contribution in [1.82, 2.24) is 0 Å². The van der Waals surface area contributed by atoms with Crippen LogP contribution in [0.2, 0.25) is 0 Å². The standard InChI is InChI=1S/C69H120O6/c1-4-7-10-13-16-19-22-25-28-31-32-33-34-35-36-39-41-44-47-50-53-56-59-62-68(71)74-65-66(75-69(72)63-60-57-54-51-48-45-42-38-30-27-24-21-18-15-12-9-6-3)64-73-67(70)61-58-55-52-49-46-43-40-37-29-26-23-20-17-14-11-8-5-2/h9,12,17-18,20-21,26-27,29-30,42,45,51,54,66H,4-8,10-11,13-16,19,22-25,28,31-41,43-44,46-50,52-53,55-65H2,1-3H3/b12-9-,20-17-,21-18-,29-26-,30-27-,45-42-,54-51-. The molecule has 0 amide bonds. The molecule has 0 bridgehead atoms.